The molecule has 2 aromatic rings. The number of hydrogen-bond donors (Lipinski definition) is 0. The van der Waals surface area contributed by atoms with Gasteiger partial charge < -0.3 is 14.4 Å². The minimum absolute atomic E-state index is 0.155. The summed E-state index contributed by atoms with van der Waals surface area (Å²) >= 11 is 0. The molecule has 1 aliphatic heterocycles. The van der Waals surface area contributed by atoms with E-state index in [2.05, 4.69) is 24.9 Å². The molecule has 0 N–H and O–H groups in total. The highest BCUT2D eigenvalue weighted by atomic mass is 16.5. The van der Waals surface area contributed by atoms with Crippen LogP contribution in [0.3, 0.4) is 0 Å². The summed E-state index contributed by atoms with van der Waals surface area (Å²) in [5, 5.41) is 0. The van der Waals surface area contributed by atoms with Crippen LogP contribution < -0.4 is 9.47 Å². The maximum absolute atomic E-state index is 12.9. The van der Waals surface area contributed by atoms with Crippen molar-refractivity contribution >= 4 is 5.78 Å². The fourth-order valence-corrected chi connectivity index (χ4v) is 6.47. The van der Waals surface area contributed by atoms with Gasteiger partial charge in [0.25, 0.3) is 0 Å². The highest BCUT2D eigenvalue weighted by Gasteiger charge is 2.58. The molecule has 1 heterocycles. The number of fused-ring (bicyclic) bond motifs is 1. The average Bonchev–Trinajstić information content (AvgIpc) is 2.71. The Bertz CT molecular complexity index is 941. The monoisotopic (exact) mass is 391 g/mol. The smallest absolute Gasteiger partial charge is 0.173 e. The molecule has 29 heavy (non-hydrogen) atoms. The minimum Gasteiger partial charge on any atom is -0.493 e. The number of carbonyl (C=O) groups excluding carboxylic acids is 1. The number of Topliss-reactive ketones (excluding diaryl/α,β-unsaturated/α-hetero) is 1. The number of para-hydroxylation sites is 1. The van der Waals surface area contributed by atoms with Crippen LogP contribution in [0.4, 0.5) is 0 Å². The SMILES string of the molecule is COc1ccc2c(c1Oc1ccccc1)[C@@]13CCN(C)[C@H](C2)[C@@H]1[C@@H](C)CC(=O)C3. The fraction of sp³-hybridized carbons (Fsp3) is 0.480. The number of piperidine rings is 1. The van der Waals surface area contributed by atoms with Crippen molar-refractivity contribution < 1.29 is 14.3 Å². The minimum atomic E-state index is -0.155. The van der Waals surface area contributed by atoms with Gasteiger partial charge in [-0.1, -0.05) is 31.2 Å². The average molecular weight is 392 g/mol. The van der Waals surface area contributed by atoms with E-state index in [1.807, 2.05) is 36.4 Å². The molecule has 0 amide bonds. The number of methoxy groups -OCH3 is 1. The zero-order valence-electron chi connectivity index (χ0n) is 17.5. The van der Waals surface area contributed by atoms with Crippen molar-refractivity contribution in [2.45, 2.75) is 44.1 Å². The van der Waals surface area contributed by atoms with E-state index in [4.69, 9.17) is 9.47 Å². The van der Waals surface area contributed by atoms with E-state index in [9.17, 15) is 4.79 Å². The van der Waals surface area contributed by atoms with E-state index in [-0.39, 0.29) is 5.41 Å². The molecule has 3 aliphatic rings. The standard InChI is InChI=1S/C25H29NO3/c1-16-13-18(27)15-25-11-12-26(2)20(22(16)25)14-17-9-10-21(28-3)24(23(17)25)29-19-7-5-4-6-8-19/h4-10,16,20,22H,11-15H2,1-3H3/t16-,20+,22-,25+/m0/s1. The quantitative estimate of drug-likeness (QED) is 0.766. The molecule has 4 heteroatoms. The normalized spacial score (nSPS) is 31.0. The Hall–Kier alpha value is -2.33. The van der Waals surface area contributed by atoms with Gasteiger partial charge in [-0.25, -0.2) is 0 Å². The second-order valence-electron chi connectivity index (χ2n) is 9.13. The third-order valence-corrected chi connectivity index (χ3v) is 7.52. The van der Waals surface area contributed by atoms with Gasteiger partial charge >= 0.3 is 0 Å². The lowest BCUT2D eigenvalue weighted by Gasteiger charge is -2.60. The molecule has 2 fully saturated rings. The van der Waals surface area contributed by atoms with Crippen LogP contribution in [0.2, 0.25) is 0 Å². The second kappa shape index (κ2) is 6.88. The van der Waals surface area contributed by atoms with Crippen LogP contribution in [0.5, 0.6) is 17.2 Å². The Kier molecular flexibility index (Phi) is 4.43. The number of ketones is 1. The topological polar surface area (TPSA) is 38.8 Å². The Balaban J connectivity index is 1.73. The van der Waals surface area contributed by atoms with Crippen LogP contribution in [0.15, 0.2) is 42.5 Å². The van der Waals surface area contributed by atoms with Crippen LogP contribution >= 0.6 is 0 Å². The van der Waals surface area contributed by atoms with Crippen molar-refractivity contribution in [2.75, 3.05) is 20.7 Å². The molecule has 152 valence electrons. The summed E-state index contributed by atoms with van der Waals surface area (Å²) in [5.74, 6) is 3.61. The van der Waals surface area contributed by atoms with E-state index in [1.165, 1.54) is 11.1 Å². The van der Waals surface area contributed by atoms with Crippen molar-refractivity contribution in [1.82, 2.24) is 4.90 Å². The van der Waals surface area contributed by atoms with Gasteiger partial charge in [0, 0.05) is 29.9 Å². The van der Waals surface area contributed by atoms with E-state index in [0.29, 0.717) is 36.5 Å². The van der Waals surface area contributed by atoms with Crippen LogP contribution in [0, 0.1) is 11.8 Å². The number of rotatable bonds is 3. The van der Waals surface area contributed by atoms with Crippen molar-refractivity contribution in [2.24, 2.45) is 11.8 Å². The lowest BCUT2D eigenvalue weighted by molar-refractivity contribution is -0.130. The van der Waals surface area contributed by atoms with E-state index in [1.54, 1.807) is 7.11 Å². The van der Waals surface area contributed by atoms with Crippen molar-refractivity contribution in [3.8, 4) is 17.2 Å². The Labute approximate surface area is 172 Å². The molecule has 0 spiro atoms. The summed E-state index contributed by atoms with van der Waals surface area (Å²) in [6.45, 7) is 3.29. The summed E-state index contributed by atoms with van der Waals surface area (Å²) in [5.41, 5.74) is 2.39. The first kappa shape index (κ1) is 18.7. The van der Waals surface area contributed by atoms with Crippen molar-refractivity contribution in [3.63, 3.8) is 0 Å². The number of nitrogens with zero attached hydrogens (tertiary/aromatic N) is 1. The molecule has 5 rings (SSSR count). The van der Waals surface area contributed by atoms with E-state index < -0.39 is 0 Å². The third-order valence-electron chi connectivity index (χ3n) is 7.52. The summed E-state index contributed by atoms with van der Waals surface area (Å²) in [6.07, 6.45) is 3.32. The van der Waals surface area contributed by atoms with E-state index in [0.717, 1.165) is 36.6 Å². The molecule has 2 aromatic carbocycles. The number of likely N-dealkylation sites (tertiary alicyclic amines) is 1. The predicted molar refractivity (Wildman–Crippen MR) is 113 cm³/mol. The van der Waals surface area contributed by atoms with Gasteiger partial charge in [0.15, 0.2) is 11.5 Å². The molecule has 1 saturated heterocycles. The number of likely N-dealkylation sites (N-methyl/N-ethyl adjacent to an activating group) is 1. The molecule has 4 nitrogen and oxygen atoms in total. The molecule has 2 bridgehead atoms. The highest BCUT2D eigenvalue weighted by Crippen LogP contribution is 2.60. The van der Waals surface area contributed by atoms with Gasteiger partial charge in [0.05, 0.1) is 7.11 Å². The van der Waals surface area contributed by atoms with Crippen LogP contribution in [-0.2, 0) is 16.6 Å². The van der Waals surface area contributed by atoms with Crippen molar-refractivity contribution in [1.29, 1.82) is 0 Å². The fourth-order valence-electron chi connectivity index (χ4n) is 6.47. The summed E-state index contributed by atoms with van der Waals surface area (Å²) in [4.78, 5) is 15.4. The van der Waals surface area contributed by atoms with Gasteiger partial charge in [-0.15, -0.1) is 0 Å². The summed E-state index contributed by atoms with van der Waals surface area (Å²) in [7, 11) is 3.94. The zero-order valence-corrected chi connectivity index (χ0v) is 17.5. The molecule has 0 unspecified atom stereocenters. The predicted octanol–water partition coefficient (Wildman–Crippen LogP) is 4.60. The largest absolute Gasteiger partial charge is 0.493 e. The van der Waals surface area contributed by atoms with Gasteiger partial charge in [-0.3, -0.25) is 4.79 Å². The lowest BCUT2D eigenvalue weighted by atomic mass is 9.49. The first-order valence-electron chi connectivity index (χ1n) is 10.7. The molecular weight excluding hydrogens is 362 g/mol. The van der Waals surface area contributed by atoms with Crippen LogP contribution in [0.25, 0.3) is 0 Å². The van der Waals surface area contributed by atoms with Gasteiger partial charge in [0.1, 0.15) is 11.5 Å². The van der Waals surface area contributed by atoms with E-state index >= 15 is 0 Å². The van der Waals surface area contributed by atoms with Crippen LogP contribution in [0.1, 0.15) is 37.3 Å². The van der Waals surface area contributed by atoms with Gasteiger partial charge in [-0.05, 0) is 62.0 Å². The molecule has 2 aliphatic carbocycles. The lowest BCUT2D eigenvalue weighted by Crippen LogP contribution is -2.63. The Morgan fingerprint density at radius 3 is 2.66 bits per heavy atom. The number of benzene rings is 2. The number of ether oxygens (including phenoxy) is 2. The Morgan fingerprint density at radius 1 is 1.10 bits per heavy atom. The Morgan fingerprint density at radius 2 is 1.90 bits per heavy atom. The maximum Gasteiger partial charge on any atom is 0.173 e. The molecular formula is C25H29NO3. The van der Waals surface area contributed by atoms with Crippen molar-refractivity contribution in [3.05, 3.63) is 53.6 Å². The number of hydrogen-bond acceptors (Lipinski definition) is 4. The van der Waals surface area contributed by atoms with Crippen LogP contribution in [-0.4, -0.2) is 37.4 Å². The zero-order chi connectivity index (χ0) is 20.2. The second-order valence-corrected chi connectivity index (χ2v) is 9.13. The van der Waals surface area contributed by atoms with Gasteiger partial charge in [0.2, 0.25) is 0 Å². The molecule has 0 radical (unpaired) electrons. The maximum atomic E-state index is 12.9. The van der Waals surface area contributed by atoms with Gasteiger partial charge in [-0.2, -0.15) is 0 Å². The molecule has 4 atom stereocenters. The molecule has 1 saturated carbocycles. The summed E-state index contributed by atoms with van der Waals surface area (Å²) in [6, 6.07) is 14.6. The third kappa shape index (κ3) is 2.80. The number of carbonyl (C=O) groups is 1. The molecule has 0 aromatic heterocycles. The highest BCUT2D eigenvalue weighted by molar-refractivity contribution is 5.82. The summed E-state index contributed by atoms with van der Waals surface area (Å²) < 4.78 is 12.2. The first-order valence-corrected chi connectivity index (χ1v) is 10.7. The first-order chi connectivity index (χ1) is 14.0.